The van der Waals surface area contributed by atoms with Crippen molar-refractivity contribution in [1.29, 1.82) is 0 Å². The van der Waals surface area contributed by atoms with Gasteiger partial charge in [-0.25, -0.2) is 9.97 Å². The smallest absolute Gasteiger partial charge is 0.238 e. The number of likely N-dealkylation sites (N-methyl/N-ethyl adjacent to an activating group) is 1. The summed E-state index contributed by atoms with van der Waals surface area (Å²) in [7, 11) is 0. The Morgan fingerprint density at radius 3 is 2.72 bits per heavy atom. The van der Waals surface area contributed by atoms with E-state index in [4.69, 9.17) is 21.1 Å². The Morgan fingerprint density at radius 1 is 1.34 bits per heavy atom. The minimum atomic E-state index is -0.992. The lowest BCUT2D eigenvalue weighted by Crippen LogP contribution is -2.29. The zero-order chi connectivity index (χ0) is 23.3. The van der Waals surface area contributed by atoms with Crippen LogP contribution in [0.3, 0.4) is 0 Å². The van der Waals surface area contributed by atoms with E-state index in [1.807, 2.05) is 43.0 Å². The zero-order valence-corrected chi connectivity index (χ0v) is 19.7. The molecule has 0 saturated carbocycles. The molecule has 8 nitrogen and oxygen atoms in total. The maximum absolute atomic E-state index is 12.0. The van der Waals surface area contributed by atoms with Crippen molar-refractivity contribution in [2.75, 3.05) is 31.1 Å². The Labute approximate surface area is 193 Å². The molecule has 2 heterocycles. The number of nitrogens with one attached hydrogen (secondary N) is 1. The van der Waals surface area contributed by atoms with Gasteiger partial charge in [0, 0.05) is 19.5 Å². The number of aromatic nitrogens is 2. The highest BCUT2D eigenvalue weighted by molar-refractivity contribution is 6.34. The summed E-state index contributed by atoms with van der Waals surface area (Å²) < 4.78 is 11.7. The van der Waals surface area contributed by atoms with Crippen molar-refractivity contribution in [3.8, 4) is 11.6 Å². The minimum absolute atomic E-state index is 0.0141. The summed E-state index contributed by atoms with van der Waals surface area (Å²) in [6.07, 6.45) is 2.20. The second-order valence-electron chi connectivity index (χ2n) is 8.58. The number of ether oxygens (including phenoxy) is 2. The molecule has 0 bridgehead atoms. The van der Waals surface area contributed by atoms with Crippen LogP contribution in [0.4, 0.5) is 5.82 Å². The lowest BCUT2D eigenvalue weighted by molar-refractivity contribution is -0.122. The maximum atomic E-state index is 12.0. The number of hydrogen-bond acceptors (Lipinski definition) is 7. The molecular weight excluding hydrogens is 432 g/mol. The number of carbonyl (C=O) groups excluding carboxylic acids is 1. The predicted octanol–water partition coefficient (Wildman–Crippen LogP) is 3.18. The maximum Gasteiger partial charge on any atom is 0.238 e. The topological polar surface area (TPSA) is 96.8 Å². The number of nitrogens with zero attached hydrogens (tertiary/aromatic N) is 3. The molecule has 1 saturated heterocycles. The number of hydrogen-bond donors (Lipinski definition) is 2. The van der Waals surface area contributed by atoms with Crippen LogP contribution in [0.1, 0.15) is 45.6 Å². The molecule has 2 unspecified atom stereocenters. The lowest BCUT2D eigenvalue weighted by Gasteiger charge is -2.21. The third-order valence-electron chi connectivity index (χ3n) is 5.17. The number of anilines is 1. The molecule has 32 heavy (non-hydrogen) atoms. The Morgan fingerprint density at radius 2 is 2.06 bits per heavy atom. The summed E-state index contributed by atoms with van der Waals surface area (Å²) in [4.78, 5) is 22.5. The number of amides is 1. The largest absolute Gasteiger partial charge is 0.489 e. The molecule has 1 aromatic carbocycles. The standard InChI is InChI=1S/C23H31ClN4O4/c1-5-25-21(29)15(2)16-6-8-17(9-7-16)32-18-10-11-28(12-18)20-19(24)22(27-14-26-20)31-13-23(3,4)30/h6-9,14-15,18,30H,5,10-13H2,1-4H3,(H,25,29). The van der Waals surface area contributed by atoms with Gasteiger partial charge in [0.05, 0.1) is 18.1 Å². The van der Waals surface area contributed by atoms with E-state index in [0.29, 0.717) is 23.9 Å². The predicted molar refractivity (Wildman–Crippen MR) is 124 cm³/mol. The van der Waals surface area contributed by atoms with Crippen LogP contribution < -0.4 is 19.7 Å². The van der Waals surface area contributed by atoms with E-state index in [1.165, 1.54) is 6.33 Å². The summed E-state index contributed by atoms with van der Waals surface area (Å²) in [6, 6.07) is 7.65. The monoisotopic (exact) mass is 462 g/mol. The molecule has 0 spiro atoms. The second-order valence-corrected chi connectivity index (χ2v) is 8.96. The Hall–Kier alpha value is -2.58. The van der Waals surface area contributed by atoms with E-state index in [1.54, 1.807) is 13.8 Å². The van der Waals surface area contributed by atoms with Crippen LogP contribution in [0.5, 0.6) is 11.6 Å². The highest BCUT2D eigenvalue weighted by Crippen LogP contribution is 2.33. The normalized spacial score (nSPS) is 17.2. The molecule has 1 aromatic heterocycles. The first-order valence-electron chi connectivity index (χ1n) is 10.8. The second kappa shape index (κ2) is 10.4. The van der Waals surface area contributed by atoms with E-state index < -0.39 is 5.60 Å². The minimum Gasteiger partial charge on any atom is -0.489 e. The van der Waals surface area contributed by atoms with Crippen molar-refractivity contribution in [2.45, 2.75) is 51.7 Å². The van der Waals surface area contributed by atoms with Gasteiger partial charge in [0.2, 0.25) is 11.8 Å². The summed E-state index contributed by atoms with van der Waals surface area (Å²) in [6.45, 7) is 9.15. The average Bonchev–Trinajstić information content (AvgIpc) is 3.21. The van der Waals surface area contributed by atoms with E-state index in [0.717, 1.165) is 24.3 Å². The Bertz CT molecular complexity index is 917. The summed E-state index contributed by atoms with van der Waals surface area (Å²) in [5.74, 6) is 1.40. The summed E-state index contributed by atoms with van der Waals surface area (Å²) in [5.41, 5.74) is -0.0450. The van der Waals surface area contributed by atoms with Gasteiger partial charge < -0.3 is 24.8 Å². The molecular formula is C23H31ClN4O4. The molecule has 174 valence electrons. The Kier molecular flexibility index (Phi) is 7.79. The average molecular weight is 463 g/mol. The highest BCUT2D eigenvalue weighted by Gasteiger charge is 2.28. The number of halogens is 1. The van der Waals surface area contributed by atoms with Gasteiger partial charge in [0.1, 0.15) is 29.8 Å². The molecule has 0 aliphatic carbocycles. The molecule has 1 aliphatic heterocycles. The third kappa shape index (κ3) is 6.23. The van der Waals surface area contributed by atoms with Gasteiger partial charge in [-0.05, 0) is 45.4 Å². The lowest BCUT2D eigenvalue weighted by atomic mass is 10.0. The van der Waals surface area contributed by atoms with Gasteiger partial charge in [-0.15, -0.1) is 0 Å². The van der Waals surface area contributed by atoms with Crippen LogP contribution in [0.2, 0.25) is 5.02 Å². The van der Waals surface area contributed by atoms with Crippen LogP contribution in [0.15, 0.2) is 30.6 Å². The summed E-state index contributed by atoms with van der Waals surface area (Å²) in [5, 5.41) is 13.0. The fourth-order valence-electron chi connectivity index (χ4n) is 3.43. The first-order valence-corrected chi connectivity index (χ1v) is 11.2. The van der Waals surface area contributed by atoms with Gasteiger partial charge in [-0.2, -0.15) is 0 Å². The number of benzene rings is 1. The van der Waals surface area contributed by atoms with Gasteiger partial charge >= 0.3 is 0 Å². The Balaban J connectivity index is 1.60. The van der Waals surface area contributed by atoms with Crippen molar-refractivity contribution in [1.82, 2.24) is 15.3 Å². The van der Waals surface area contributed by atoms with E-state index in [2.05, 4.69) is 15.3 Å². The number of carbonyl (C=O) groups is 1. The molecule has 1 amide bonds. The van der Waals surface area contributed by atoms with Crippen LogP contribution in [0.25, 0.3) is 0 Å². The van der Waals surface area contributed by atoms with Crippen molar-refractivity contribution < 1.29 is 19.4 Å². The molecule has 2 atom stereocenters. The molecule has 2 aromatic rings. The van der Waals surface area contributed by atoms with Crippen LogP contribution in [0, 0.1) is 0 Å². The summed E-state index contributed by atoms with van der Waals surface area (Å²) >= 11 is 6.47. The van der Waals surface area contributed by atoms with Crippen molar-refractivity contribution in [2.24, 2.45) is 0 Å². The molecule has 1 fully saturated rings. The third-order valence-corrected chi connectivity index (χ3v) is 5.50. The number of aliphatic hydroxyl groups is 1. The molecule has 9 heteroatoms. The molecule has 2 N–H and O–H groups in total. The van der Waals surface area contributed by atoms with Gasteiger partial charge in [-0.1, -0.05) is 23.7 Å². The van der Waals surface area contributed by atoms with E-state index >= 15 is 0 Å². The van der Waals surface area contributed by atoms with Crippen molar-refractivity contribution >= 4 is 23.3 Å². The van der Waals surface area contributed by atoms with Crippen molar-refractivity contribution in [3.05, 3.63) is 41.2 Å². The van der Waals surface area contributed by atoms with E-state index in [-0.39, 0.29) is 30.4 Å². The first-order chi connectivity index (χ1) is 15.2. The van der Waals surface area contributed by atoms with Crippen LogP contribution >= 0.6 is 11.6 Å². The SMILES string of the molecule is CCNC(=O)C(C)c1ccc(OC2CCN(c3ncnc(OCC(C)(C)O)c3Cl)C2)cc1. The van der Waals surface area contributed by atoms with Crippen LogP contribution in [-0.4, -0.2) is 58.9 Å². The molecule has 3 rings (SSSR count). The fraction of sp³-hybridized carbons (Fsp3) is 0.522. The quantitative estimate of drug-likeness (QED) is 0.590. The van der Waals surface area contributed by atoms with Gasteiger partial charge in [0.25, 0.3) is 0 Å². The van der Waals surface area contributed by atoms with Gasteiger partial charge in [0.15, 0.2) is 5.82 Å². The van der Waals surface area contributed by atoms with Gasteiger partial charge in [-0.3, -0.25) is 4.79 Å². The zero-order valence-electron chi connectivity index (χ0n) is 19.0. The number of rotatable bonds is 9. The molecule has 1 aliphatic rings. The van der Waals surface area contributed by atoms with Crippen molar-refractivity contribution in [3.63, 3.8) is 0 Å². The van der Waals surface area contributed by atoms with Crippen LogP contribution in [-0.2, 0) is 4.79 Å². The van der Waals surface area contributed by atoms with E-state index in [9.17, 15) is 9.90 Å². The molecule has 0 radical (unpaired) electrons. The highest BCUT2D eigenvalue weighted by atomic mass is 35.5. The fourth-order valence-corrected chi connectivity index (χ4v) is 3.71. The first kappa shape index (κ1) is 24.1.